The molecule has 3 aromatic rings. The van der Waals surface area contributed by atoms with Gasteiger partial charge in [0.25, 0.3) is 5.88 Å². The highest BCUT2D eigenvalue weighted by Gasteiger charge is 2.28. The van der Waals surface area contributed by atoms with Crippen molar-refractivity contribution in [3.8, 4) is 0 Å². The zero-order chi connectivity index (χ0) is 22.6. The van der Waals surface area contributed by atoms with Crippen molar-refractivity contribution < 1.29 is 9.32 Å². The topological polar surface area (TPSA) is 84.7 Å². The molecule has 1 saturated heterocycles. The smallest absolute Gasteiger partial charge is 0.253 e. The first-order valence-electron chi connectivity index (χ1n) is 11.2. The maximum atomic E-state index is 12.9. The summed E-state index contributed by atoms with van der Waals surface area (Å²) in [5, 5.41) is 4.27. The molecule has 2 heterocycles. The highest BCUT2D eigenvalue weighted by molar-refractivity contribution is 6.09. The van der Waals surface area contributed by atoms with Crippen LogP contribution < -0.4 is 5.73 Å². The van der Waals surface area contributed by atoms with Crippen LogP contribution in [0.15, 0.2) is 70.2 Å². The molecule has 0 spiro atoms. The molecule has 1 aliphatic heterocycles. The standard InChI is InChI=1S/C26H30N4O2/c1-26(2,21-14-10-13-20(17-21)24(31)19-11-6-5-7-12-19)22-18-23(32-29-22)28-25(27)30-15-8-3-4-9-16-30/h5-7,10-14,17-18H,3-4,8-9,15-16H2,1-2H3,(H2,27,28). The first-order chi connectivity index (χ1) is 15.4. The second kappa shape index (κ2) is 9.39. The minimum absolute atomic E-state index is 0.00100. The van der Waals surface area contributed by atoms with Gasteiger partial charge in [0.1, 0.15) is 0 Å². The molecule has 0 bridgehead atoms. The Morgan fingerprint density at radius 3 is 2.38 bits per heavy atom. The first-order valence-corrected chi connectivity index (χ1v) is 11.2. The van der Waals surface area contributed by atoms with Crippen LogP contribution in [-0.4, -0.2) is 34.9 Å². The van der Waals surface area contributed by atoms with Gasteiger partial charge < -0.3 is 15.2 Å². The van der Waals surface area contributed by atoms with Crippen LogP contribution in [0.4, 0.5) is 5.88 Å². The number of carbonyl (C=O) groups excluding carboxylic acids is 1. The predicted octanol–water partition coefficient (Wildman–Crippen LogP) is 5.05. The quantitative estimate of drug-likeness (QED) is 0.348. The summed E-state index contributed by atoms with van der Waals surface area (Å²) in [6.45, 7) is 5.96. The molecule has 0 saturated carbocycles. The number of carbonyl (C=O) groups is 1. The number of hydrogen-bond acceptors (Lipinski definition) is 4. The fourth-order valence-electron chi connectivity index (χ4n) is 4.05. The van der Waals surface area contributed by atoms with Crippen molar-refractivity contribution in [2.45, 2.75) is 44.9 Å². The monoisotopic (exact) mass is 430 g/mol. The third kappa shape index (κ3) is 4.74. The molecule has 2 N–H and O–H groups in total. The third-order valence-electron chi connectivity index (χ3n) is 6.18. The zero-order valence-electron chi connectivity index (χ0n) is 18.8. The molecule has 4 rings (SSSR count). The molecular weight excluding hydrogens is 400 g/mol. The Labute approximate surface area is 189 Å². The van der Waals surface area contributed by atoms with Crippen molar-refractivity contribution in [3.05, 3.63) is 83.0 Å². The number of benzene rings is 2. The molecule has 166 valence electrons. The second-order valence-corrected chi connectivity index (χ2v) is 8.82. The lowest BCUT2D eigenvalue weighted by Gasteiger charge is -2.23. The van der Waals surface area contributed by atoms with Gasteiger partial charge in [0, 0.05) is 35.7 Å². The molecule has 0 atom stereocenters. The molecule has 0 radical (unpaired) electrons. The normalized spacial score (nSPS) is 15.4. The number of hydrogen-bond donors (Lipinski definition) is 1. The van der Waals surface area contributed by atoms with E-state index in [0.29, 0.717) is 23.0 Å². The van der Waals surface area contributed by atoms with Gasteiger partial charge in [-0.3, -0.25) is 4.79 Å². The minimum Gasteiger partial charge on any atom is -0.369 e. The lowest BCUT2D eigenvalue weighted by Crippen LogP contribution is -2.37. The van der Waals surface area contributed by atoms with Crippen molar-refractivity contribution in [1.82, 2.24) is 10.1 Å². The van der Waals surface area contributed by atoms with E-state index in [1.165, 1.54) is 12.8 Å². The highest BCUT2D eigenvalue weighted by Crippen LogP contribution is 2.33. The van der Waals surface area contributed by atoms with Crippen LogP contribution in [0.3, 0.4) is 0 Å². The van der Waals surface area contributed by atoms with Crippen molar-refractivity contribution in [2.24, 2.45) is 10.7 Å². The Bertz CT molecular complexity index is 1090. The van der Waals surface area contributed by atoms with Crippen molar-refractivity contribution in [2.75, 3.05) is 13.1 Å². The number of likely N-dealkylation sites (tertiary alicyclic amines) is 1. The number of ketones is 1. The van der Waals surface area contributed by atoms with Gasteiger partial charge in [-0.25, -0.2) is 0 Å². The molecule has 0 aliphatic carbocycles. The Kier molecular flexibility index (Phi) is 6.40. The van der Waals surface area contributed by atoms with Gasteiger partial charge in [-0.1, -0.05) is 80.4 Å². The molecule has 6 heteroatoms. The fourth-order valence-corrected chi connectivity index (χ4v) is 4.05. The number of nitrogens with zero attached hydrogens (tertiary/aromatic N) is 3. The minimum atomic E-state index is -0.471. The van der Waals surface area contributed by atoms with Crippen LogP contribution >= 0.6 is 0 Å². The van der Waals surface area contributed by atoms with Gasteiger partial charge in [-0.05, 0) is 24.5 Å². The second-order valence-electron chi connectivity index (χ2n) is 8.82. The Hall–Kier alpha value is -3.41. The lowest BCUT2D eigenvalue weighted by molar-refractivity contribution is 0.103. The summed E-state index contributed by atoms with van der Waals surface area (Å²) in [4.78, 5) is 19.5. The number of guanidine groups is 1. The van der Waals surface area contributed by atoms with Crippen LogP contribution in [0.25, 0.3) is 0 Å². The van der Waals surface area contributed by atoms with Gasteiger partial charge in [0.2, 0.25) is 0 Å². The third-order valence-corrected chi connectivity index (χ3v) is 6.18. The summed E-state index contributed by atoms with van der Waals surface area (Å²) in [5.41, 5.74) is 8.80. The Morgan fingerprint density at radius 2 is 1.66 bits per heavy atom. The van der Waals surface area contributed by atoms with E-state index in [4.69, 9.17) is 10.3 Å². The van der Waals surface area contributed by atoms with E-state index in [1.807, 2.05) is 60.7 Å². The van der Waals surface area contributed by atoms with E-state index >= 15 is 0 Å². The lowest BCUT2D eigenvalue weighted by atomic mass is 9.80. The van der Waals surface area contributed by atoms with Crippen molar-refractivity contribution in [1.29, 1.82) is 0 Å². The average molecular weight is 431 g/mol. The van der Waals surface area contributed by atoms with E-state index in [-0.39, 0.29) is 5.78 Å². The molecule has 32 heavy (non-hydrogen) atoms. The van der Waals surface area contributed by atoms with Gasteiger partial charge in [0.15, 0.2) is 11.7 Å². The summed E-state index contributed by atoms with van der Waals surface area (Å²) in [6, 6.07) is 18.8. The van der Waals surface area contributed by atoms with E-state index in [9.17, 15) is 4.79 Å². The van der Waals surface area contributed by atoms with Gasteiger partial charge >= 0.3 is 0 Å². The molecular formula is C26H30N4O2. The van der Waals surface area contributed by atoms with E-state index in [1.54, 1.807) is 0 Å². The molecule has 1 fully saturated rings. The molecule has 6 nitrogen and oxygen atoms in total. The van der Waals surface area contributed by atoms with Crippen LogP contribution in [0.5, 0.6) is 0 Å². The van der Waals surface area contributed by atoms with Crippen molar-refractivity contribution in [3.63, 3.8) is 0 Å². The van der Waals surface area contributed by atoms with Crippen LogP contribution in [0.2, 0.25) is 0 Å². The number of aromatic nitrogens is 1. The van der Waals surface area contributed by atoms with E-state index < -0.39 is 5.41 Å². The largest absolute Gasteiger partial charge is 0.369 e. The number of rotatable bonds is 5. The maximum Gasteiger partial charge on any atom is 0.253 e. The molecule has 1 aliphatic rings. The summed E-state index contributed by atoms with van der Waals surface area (Å²) < 4.78 is 5.50. The molecule has 2 aromatic carbocycles. The first kappa shape index (κ1) is 21.8. The fraction of sp³-hybridized carbons (Fsp3) is 0.346. The molecule has 0 amide bonds. The van der Waals surface area contributed by atoms with E-state index in [2.05, 4.69) is 28.9 Å². The number of aliphatic imine (C=N–C) groups is 1. The van der Waals surface area contributed by atoms with Gasteiger partial charge in [-0.15, -0.1) is 0 Å². The van der Waals surface area contributed by atoms with Gasteiger partial charge in [-0.2, -0.15) is 4.99 Å². The summed E-state index contributed by atoms with van der Waals surface area (Å²) in [7, 11) is 0. The maximum absolute atomic E-state index is 12.9. The van der Waals surface area contributed by atoms with E-state index in [0.717, 1.165) is 37.2 Å². The van der Waals surface area contributed by atoms with Crippen molar-refractivity contribution >= 4 is 17.6 Å². The van der Waals surface area contributed by atoms with Gasteiger partial charge in [0.05, 0.1) is 5.69 Å². The summed E-state index contributed by atoms with van der Waals surface area (Å²) in [6.07, 6.45) is 4.72. The zero-order valence-corrected chi connectivity index (χ0v) is 18.8. The predicted molar refractivity (Wildman–Crippen MR) is 126 cm³/mol. The van der Waals surface area contributed by atoms with Crippen LogP contribution in [0, 0.1) is 0 Å². The SMILES string of the molecule is CC(C)(c1cccc(C(=O)c2ccccc2)c1)c1cc(N=C(N)N2CCCCCC2)on1. The summed E-state index contributed by atoms with van der Waals surface area (Å²) in [5.74, 6) is 0.869. The summed E-state index contributed by atoms with van der Waals surface area (Å²) >= 11 is 0. The Balaban J connectivity index is 1.56. The van der Waals surface area contributed by atoms with Crippen LogP contribution in [0.1, 0.15) is 66.7 Å². The molecule has 1 aromatic heterocycles. The van der Waals surface area contributed by atoms with Crippen LogP contribution in [-0.2, 0) is 5.41 Å². The Morgan fingerprint density at radius 1 is 0.969 bits per heavy atom. The average Bonchev–Trinajstić information content (AvgIpc) is 3.12. The highest BCUT2D eigenvalue weighted by atomic mass is 16.5. The molecule has 0 unspecified atom stereocenters. The number of nitrogens with two attached hydrogens (primary N) is 1.